The zero-order valence-electron chi connectivity index (χ0n) is 11.0. The standard InChI is InChI=1S/C13H20N2O3S/c1-2-9-15(12-13-7-6-10-18-13)19(16,17)11-5-3-4-8-14/h1,13H,3-7,9-12H2/t13-/m1/s1. The van der Waals surface area contributed by atoms with E-state index >= 15 is 0 Å². The maximum Gasteiger partial charge on any atom is 0.215 e. The Morgan fingerprint density at radius 1 is 1.42 bits per heavy atom. The van der Waals surface area contributed by atoms with Crippen LogP contribution in [0.15, 0.2) is 0 Å². The van der Waals surface area contributed by atoms with Crippen LogP contribution < -0.4 is 0 Å². The molecule has 0 aliphatic carbocycles. The van der Waals surface area contributed by atoms with E-state index in [1.54, 1.807) is 0 Å². The van der Waals surface area contributed by atoms with Crippen LogP contribution in [0.3, 0.4) is 0 Å². The molecule has 6 heteroatoms. The molecule has 0 aromatic rings. The van der Waals surface area contributed by atoms with Gasteiger partial charge >= 0.3 is 0 Å². The molecule has 0 aromatic heterocycles. The van der Waals surface area contributed by atoms with E-state index in [-0.39, 0.29) is 18.4 Å². The van der Waals surface area contributed by atoms with Crippen LogP contribution in [-0.4, -0.2) is 44.3 Å². The van der Waals surface area contributed by atoms with Gasteiger partial charge in [0.15, 0.2) is 0 Å². The molecule has 19 heavy (non-hydrogen) atoms. The van der Waals surface area contributed by atoms with Crippen molar-refractivity contribution in [2.24, 2.45) is 0 Å². The van der Waals surface area contributed by atoms with E-state index < -0.39 is 10.0 Å². The molecule has 1 heterocycles. The number of rotatable bonds is 8. The summed E-state index contributed by atoms with van der Waals surface area (Å²) in [6, 6.07) is 2.01. The first-order valence-corrected chi connectivity index (χ1v) is 8.11. The highest BCUT2D eigenvalue weighted by atomic mass is 32.2. The van der Waals surface area contributed by atoms with Gasteiger partial charge in [0, 0.05) is 19.6 Å². The summed E-state index contributed by atoms with van der Waals surface area (Å²) in [6.07, 6.45) is 8.52. The van der Waals surface area contributed by atoms with E-state index in [1.807, 2.05) is 6.07 Å². The molecule has 106 valence electrons. The van der Waals surface area contributed by atoms with Crippen molar-refractivity contribution in [3.05, 3.63) is 0 Å². The van der Waals surface area contributed by atoms with Crippen molar-refractivity contribution in [3.63, 3.8) is 0 Å². The van der Waals surface area contributed by atoms with Crippen molar-refractivity contribution in [1.82, 2.24) is 4.31 Å². The zero-order chi connectivity index (χ0) is 14.1. The molecule has 1 aliphatic heterocycles. The Kier molecular flexibility index (Phi) is 6.86. The van der Waals surface area contributed by atoms with Gasteiger partial charge in [-0.3, -0.25) is 0 Å². The van der Waals surface area contributed by atoms with Gasteiger partial charge in [0.25, 0.3) is 0 Å². The second kappa shape index (κ2) is 8.16. The molecule has 0 unspecified atom stereocenters. The fraction of sp³-hybridized carbons (Fsp3) is 0.769. The second-order valence-electron chi connectivity index (χ2n) is 4.56. The second-order valence-corrected chi connectivity index (χ2v) is 6.65. The molecule has 0 radical (unpaired) electrons. The van der Waals surface area contributed by atoms with Crippen molar-refractivity contribution in [1.29, 1.82) is 5.26 Å². The number of terminal acetylenes is 1. The van der Waals surface area contributed by atoms with Crippen LogP contribution in [0.25, 0.3) is 0 Å². The summed E-state index contributed by atoms with van der Waals surface area (Å²) in [6.45, 7) is 1.11. The molecule has 1 aliphatic rings. The number of nitrogens with zero attached hydrogens (tertiary/aromatic N) is 2. The van der Waals surface area contributed by atoms with Gasteiger partial charge in [-0.2, -0.15) is 9.57 Å². The summed E-state index contributed by atoms with van der Waals surface area (Å²) in [4.78, 5) is 0. The molecule has 1 rings (SSSR count). The van der Waals surface area contributed by atoms with Crippen molar-refractivity contribution < 1.29 is 13.2 Å². The lowest BCUT2D eigenvalue weighted by molar-refractivity contribution is 0.0960. The van der Waals surface area contributed by atoms with Crippen LogP contribution in [0.2, 0.25) is 0 Å². The van der Waals surface area contributed by atoms with Gasteiger partial charge in [0.2, 0.25) is 10.0 Å². The highest BCUT2D eigenvalue weighted by Gasteiger charge is 2.26. The largest absolute Gasteiger partial charge is 0.377 e. The van der Waals surface area contributed by atoms with Crippen molar-refractivity contribution in [3.8, 4) is 18.4 Å². The molecular formula is C13H20N2O3S. The number of unbranched alkanes of at least 4 members (excludes halogenated alkanes) is 2. The van der Waals surface area contributed by atoms with E-state index in [0.29, 0.717) is 32.4 Å². The Balaban J connectivity index is 2.52. The summed E-state index contributed by atoms with van der Waals surface area (Å²) in [7, 11) is -3.35. The molecule has 0 amide bonds. The van der Waals surface area contributed by atoms with Gasteiger partial charge in [-0.25, -0.2) is 8.42 Å². The van der Waals surface area contributed by atoms with Crippen molar-refractivity contribution in [2.75, 3.05) is 25.4 Å². The fourth-order valence-corrected chi connectivity index (χ4v) is 3.50. The number of ether oxygens (including phenoxy) is 1. The van der Waals surface area contributed by atoms with Gasteiger partial charge < -0.3 is 4.74 Å². The van der Waals surface area contributed by atoms with E-state index in [0.717, 1.165) is 12.8 Å². The minimum atomic E-state index is -3.35. The van der Waals surface area contributed by atoms with Gasteiger partial charge in [0.05, 0.1) is 24.5 Å². The highest BCUT2D eigenvalue weighted by Crippen LogP contribution is 2.16. The lowest BCUT2D eigenvalue weighted by atomic mass is 10.2. The zero-order valence-corrected chi connectivity index (χ0v) is 11.9. The van der Waals surface area contributed by atoms with Gasteiger partial charge in [-0.05, 0) is 25.7 Å². The maximum absolute atomic E-state index is 12.2. The summed E-state index contributed by atoms with van der Waals surface area (Å²) >= 11 is 0. The Bertz CT molecular complexity index is 441. The molecule has 5 nitrogen and oxygen atoms in total. The summed E-state index contributed by atoms with van der Waals surface area (Å²) in [5, 5.41) is 8.43. The van der Waals surface area contributed by atoms with E-state index in [1.165, 1.54) is 4.31 Å². The topological polar surface area (TPSA) is 70.4 Å². The SMILES string of the molecule is C#CCN(C[C@H]1CCCO1)S(=O)(=O)CCCCC#N. The molecule has 1 fully saturated rings. The minimum Gasteiger partial charge on any atom is -0.377 e. The lowest BCUT2D eigenvalue weighted by Crippen LogP contribution is -2.39. The first kappa shape index (κ1) is 16.0. The summed E-state index contributed by atoms with van der Waals surface area (Å²) in [5.41, 5.74) is 0. The van der Waals surface area contributed by atoms with Crippen molar-refractivity contribution >= 4 is 10.0 Å². The van der Waals surface area contributed by atoms with Crippen LogP contribution in [0.1, 0.15) is 32.1 Å². The van der Waals surface area contributed by atoms with Gasteiger partial charge in [-0.15, -0.1) is 6.42 Å². The van der Waals surface area contributed by atoms with Crippen LogP contribution in [0.4, 0.5) is 0 Å². The Morgan fingerprint density at radius 2 is 2.21 bits per heavy atom. The molecule has 1 atom stereocenters. The minimum absolute atomic E-state index is 0.0396. The summed E-state index contributed by atoms with van der Waals surface area (Å²) < 4.78 is 31.1. The highest BCUT2D eigenvalue weighted by molar-refractivity contribution is 7.89. The molecule has 0 saturated carbocycles. The number of sulfonamides is 1. The predicted octanol–water partition coefficient (Wildman–Crippen LogP) is 1.12. The molecular weight excluding hydrogens is 264 g/mol. The summed E-state index contributed by atoms with van der Waals surface area (Å²) in [5.74, 6) is 2.43. The molecule has 0 aromatic carbocycles. The van der Waals surface area contributed by atoms with Crippen LogP contribution >= 0.6 is 0 Å². The van der Waals surface area contributed by atoms with E-state index in [2.05, 4.69) is 5.92 Å². The van der Waals surface area contributed by atoms with Crippen LogP contribution in [0.5, 0.6) is 0 Å². The average molecular weight is 284 g/mol. The Hall–Kier alpha value is -1.08. The fourth-order valence-electron chi connectivity index (χ4n) is 2.01. The third kappa shape index (κ3) is 5.61. The Morgan fingerprint density at radius 3 is 2.79 bits per heavy atom. The third-order valence-corrected chi connectivity index (χ3v) is 4.90. The van der Waals surface area contributed by atoms with Crippen LogP contribution in [0, 0.1) is 23.7 Å². The predicted molar refractivity (Wildman–Crippen MR) is 72.6 cm³/mol. The first-order valence-electron chi connectivity index (χ1n) is 6.50. The quantitative estimate of drug-likeness (QED) is 0.495. The van der Waals surface area contributed by atoms with Crippen molar-refractivity contribution in [2.45, 2.75) is 38.2 Å². The Labute approximate surface area is 115 Å². The smallest absolute Gasteiger partial charge is 0.215 e. The van der Waals surface area contributed by atoms with Crippen LogP contribution in [-0.2, 0) is 14.8 Å². The third-order valence-electron chi connectivity index (χ3n) is 3.03. The van der Waals surface area contributed by atoms with E-state index in [4.69, 9.17) is 16.4 Å². The number of hydrogen-bond donors (Lipinski definition) is 0. The normalized spacial score (nSPS) is 19.2. The molecule has 0 N–H and O–H groups in total. The molecule has 1 saturated heterocycles. The van der Waals surface area contributed by atoms with Gasteiger partial charge in [0.1, 0.15) is 0 Å². The lowest BCUT2D eigenvalue weighted by Gasteiger charge is -2.22. The first-order chi connectivity index (χ1) is 9.10. The number of hydrogen-bond acceptors (Lipinski definition) is 4. The molecule has 0 spiro atoms. The molecule has 0 bridgehead atoms. The number of nitriles is 1. The van der Waals surface area contributed by atoms with Gasteiger partial charge in [-0.1, -0.05) is 5.92 Å². The maximum atomic E-state index is 12.2. The monoisotopic (exact) mass is 284 g/mol. The average Bonchev–Trinajstić information content (AvgIpc) is 2.87. The van der Waals surface area contributed by atoms with E-state index in [9.17, 15) is 8.42 Å².